The number of nitrogens with one attached hydrogen (secondary N) is 1. The summed E-state index contributed by atoms with van der Waals surface area (Å²) in [5.41, 5.74) is 0.698. The molecule has 1 saturated carbocycles. The Morgan fingerprint density at radius 1 is 1.33 bits per heavy atom. The zero-order valence-electron chi connectivity index (χ0n) is 15.8. The van der Waals surface area contributed by atoms with E-state index in [0.717, 1.165) is 32.1 Å². The van der Waals surface area contributed by atoms with E-state index in [4.69, 9.17) is 9.72 Å². The first-order valence-corrected chi connectivity index (χ1v) is 10.7. The van der Waals surface area contributed by atoms with Crippen LogP contribution in [-0.4, -0.2) is 41.0 Å². The number of carbonyl (C=O) groups excluding carboxylic acids is 1. The summed E-state index contributed by atoms with van der Waals surface area (Å²) in [6.45, 7) is 3.89. The number of hydrogen-bond acceptors (Lipinski definition) is 5. The Hall–Kier alpha value is -1.86. The van der Waals surface area contributed by atoms with E-state index in [1.54, 1.807) is 0 Å². The third-order valence-electron chi connectivity index (χ3n) is 4.79. The molecule has 6 nitrogen and oxygen atoms in total. The van der Waals surface area contributed by atoms with E-state index in [2.05, 4.69) is 5.32 Å². The van der Waals surface area contributed by atoms with E-state index in [-0.39, 0.29) is 23.3 Å². The van der Waals surface area contributed by atoms with Gasteiger partial charge in [-0.2, -0.15) is 0 Å². The summed E-state index contributed by atoms with van der Waals surface area (Å²) in [4.78, 5) is 29.9. The van der Waals surface area contributed by atoms with Crippen molar-refractivity contribution in [1.82, 2.24) is 14.9 Å². The molecule has 0 bridgehead atoms. The van der Waals surface area contributed by atoms with Gasteiger partial charge in [0.15, 0.2) is 5.16 Å². The lowest BCUT2D eigenvalue weighted by molar-refractivity contribution is -0.118. The van der Waals surface area contributed by atoms with E-state index in [0.29, 0.717) is 35.8 Å². The molecule has 1 aliphatic rings. The van der Waals surface area contributed by atoms with Crippen molar-refractivity contribution >= 4 is 28.6 Å². The van der Waals surface area contributed by atoms with Crippen molar-refractivity contribution in [2.45, 2.75) is 50.2 Å². The lowest BCUT2D eigenvalue weighted by atomic mass is 10.2. The van der Waals surface area contributed by atoms with Crippen LogP contribution in [0.5, 0.6) is 0 Å². The predicted octanol–water partition coefficient (Wildman–Crippen LogP) is 3.15. The molecule has 0 atom stereocenters. The summed E-state index contributed by atoms with van der Waals surface area (Å²) >= 11 is 1.35. The first-order valence-electron chi connectivity index (χ1n) is 9.69. The molecule has 7 heteroatoms. The van der Waals surface area contributed by atoms with Crippen LogP contribution in [0, 0.1) is 0 Å². The third-order valence-corrected chi connectivity index (χ3v) is 5.74. The van der Waals surface area contributed by atoms with Gasteiger partial charge >= 0.3 is 0 Å². The first kappa shape index (κ1) is 19.9. The highest BCUT2D eigenvalue weighted by Crippen LogP contribution is 2.32. The van der Waals surface area contributed by atoms with E-state index < -0.39 is 0 Å². The predicted molar refractivity (Wildman–Crippen MR) is 108 cm³/mol. The van der Waals surface area contributed by atoms with Crippen molar-refractivity contribution in [3.63, 3.8) is 0 Å². The maximum absolute atomic E-state index is 13.0. The van der Waals surface area contributed by atoms with Crippen molar-refractivity contribution < 1.29 is 9.53 Å². The Morgan fingerprint density at radius 2 is 2.11 bits per heavy atom. The molecule has 1 N–H and O–H groups in total. The zero-order valence-corrected chi connectivity index (χ0v) is 16.6. The van der Waals surface area contributed by atoms with Gasteiger partial charge in [-0.3, -0.25) is 14.2 Å². The van der Waals surface area contributed by atoms with E-state index in [9.17, 15) is 9.59 Å². The molecule has 0 radical (unpaired) electrons. The molecule has 1 aromatic carbocycles. The van der Waals surface area contributed by atoms with Gasteiger partial charge in [0.25, 0.3) is 5.56 Å². The van der Waals surface area contributed by atoms with Gasteiger partial charge in [0, 0.05) is 25.8 Å². The number of amides is 1. The third kappa shape index (κ3) is 5.11. The van der Waals surface area contributed by atoms with Gasteiger partial charge in [-0.25, -0.2) is 4.98 Å². The van der Waals surface area contributed by atoms with Crippen LogP contribution < -0.4 is 10.9 Å². The largest absolute Gasteiger partial charge is 0.382 e. The minimum atomic E-state index is -0.0446. The maximum atomic E-state index is 13.0. The minimum absolute atomic E-state index is 0.00659. The fraction of sp³-hybridized carbons (Fsp3) is 0.550. The molecule has 27 heavy (non-hydrogen) atoms. The number of thioether (sulfide) groups is 1. The van der Waals surface area contributed by atoms with Crippen LogP contribution in [0.1, 0.15) is 45.1 Å². The summed E-state index contributed by atoms with van der Waals surface area (Å²) in [6, 6.07) is 7.62. The number of rotatable bonds is 9. The molecular formula is C20H27N3O3S. The Labute approximate surface area is 163 Å². The standard InChI is InChI=1S/C20H27N3O3S/c1-2-26-13-7-12-21-18(24)14-27-20-22-17-11-6-5-10-16(17)19(25)23(20)15-8-3-4-9-15/h5-6,10-11,15H,2-4,7-9,12-14H2,1H3,(H,21,24). The molecule has 2 aromatic rings. The van der Waals surface area contributed by atoms with Gasteiger partial charge in [0.1, 0.15) is 0 Å². The molecule has 1 aliphatic carbocycles. The summed E-state index contributed by atoms with van der Waals surface area (Å²) in [5, 5.41) is 4.19. The number of aromatic nitrogens is 2. The number of ether oxygens (including phenoxy) is 1. The SMILES string of the molecule is CCOCCCNC(=O)CSc1nc2ccccc2c(=O)n1C1CCCC1. The Balaban J connectivity index is 1.72. The second-order valence-corrected chi connectivity index (χ2v) is 7.66. The fourth-order valence-corrected chi connectivity index (χ4v) is 4.34. The second-order valence-electron chi connectivity index (χ2n) is 6.71. The smallest absolute Gasteiger partial charge is 0.262 e. The molecule has 0 unspecified atom stereocenters. The second kappa shape index (κ2) is 9.90. The van der Waals surface area contributed by atoms with Crippen LogP contribution in [-0.2, 0) is 9.53 Å². The molecule has 1 heterocycles. The maximum Gasteiger partial charge on any atom is 0.262 e. The topological polar surface area (TPSA) is 73.2 Å². The van der Waals surface area contributed by atoms with Gasteiger partial charge in [-0.1, -0.05) is 36.7 Å². The number of hydrogen-bond donors (Lipinski definition) is 1. The van der Waals surface area contributed by atoms with Crippen molar-refractivity contribution in [3.05, 3.63) is 34.6 Å². The molecule has 3 rings (SSSR count). The lowest BCUT2D eigenvalue weighted by Gasteiger charge is -2.18. The molecule has 1 fully saturated rings. The van der Waals surface area contributed by atoms with Gasteiger partial charge in [-0.05, 0) is 38.3 Å². The van der Waals surface area contributed by atoms with Gasteiger partial charge in [-0.15, -0.1) is 0 Å². The van der Waals surface area contributed by atoms with Crippen LogP contribution >= 0.6 is 11.8 Å². The van der Waals surface area contributed by atoms with E-state index >= 15 is 0 Å². The van der Waals surface area contributed by atoms with Crippen LogP contribution in [0.2, 0.25) is 0 Å². The van der Waals surface area contributed by atoms with Crippen LogP contribution in [0.3, 0.4) is 0 Å². The average molecular weight is 390 g/mol. The quantitative estimate of drug-likeness (QED) is 0.405. The van der Waals surface area contributed by atoms with Gasteiger partial charge in [0.05, 0.1) is 16.7 Å². The monoisotopic (exact) mass is 389 g/mol. The highest BCUT2D eigenvalue weighted by Gasteiger charge is 2.23. The first-order chi connectivity index (χ1) is 13.2. The van der Waals surface area contributed by atoms with Crippen molar-refractivity contribution in [3.8, 4) is 0 Å². The summed E-state index contributed by atoms with van der Waals surface area (Å²) in [5.74, 6) is 0.212. The number of benzene rings is 1. The summed E-state index contributed by atoms with van der Waals surface area (Å²) < 4.78 is 7.09. The number of nitrogens with zero attached hydrogens (tertiary/aromatic N) is 2. The van der Waals surface area contributed by atoms with Gasteiger partial charge in [0.2, 0.25) is 5.91 Å². The number of carbonyl (C=O) groups is 1. The molecule has 0 saturated heterocycles. The fourth-order valence-electron chi connectivity index (χ4n) is 3.44. The van der Waals surface area contributed by atoms with E-state index in [1.165, 1.54) is 11.8 Å². The molecule has 0 aliphatic heterocycles. The molecule has 1 amide bonds. The van der Waals surface area contributed by atoms with Crippen LogP contribution in [0.15, 0.2) is 34.2 Å². The Bertz CT molecular complexity index is 831. The molecule has 146 valence electrons. The minimum Gasteiger partial charge on any atom is -0.382 e. The van der Waals surface area contributed by atoms with Crippen molar-refractivity contribution in [2.24, 2.45) is 0 Å². The average Bonchev–Trinajstić information content (AvgIpc) is 3.20. The number of fused-ring (bicyclic) bond motifs is 1. The molecular weight excluding hydrogens is 362 g/mol. The zero-order chi connectivity index (χ0) is 19.1. The molecule has 1 aromatic heterocycles. The van der Waals surface area contributed by atoms with E-state index in [1.807, 2.05) is 35.8 Å². The molecule has 0 spiro atoms. The van der Waals surface area contributed by atoms with Crippen molar-refractivity contribution in [2.75, 3.05) is 25.5 Å². The normalized spacial score (nSPS) is 14.7. The van der Waals surface area contributed by atoms with Crippen LogP contribution in [0.25, 0.3) is 10.9 Å². The lowest BCUT2D eigenvalue weighted by Crippen LogP contribution is -2.29. The number of para-hydroxylation sites is 1. The van der Waals surface area contributed by atoms with Gasteiger partial charge < -0.3 is 10.1 Å². The summed E-state index contributed by atoms with van der Waals surface area (Å²) in [6.07, 6.45) is 5.06. The van der Waals surface area contributed by atoms with Crippen molar-refractivity contribution in [1.29, 1.82) is 0 Å². The summed E-state index contributed by atoms with van der Waals surface area (Å²) in [7, 11) is 0. The highest BCUT2D eigenvalue weighted by atomic mass is 32.2. The van der Waals surface area contributed by atoms with Crippen LogP contribution in [0.4, 0.5) is 0 Å². The highest BCUT2D eigenvalue weighted by molar-refractivity contribution is 7.99. The Kier molecular flexibility index (Phi) is 7.29. The Morgan fingerprint density at radius 3 is 2.89 bits per heavy atom.